The molecule has 34 heavy (non-hydrogen) atoms. The average Bonchev–Trinajstić information content (AvgIpc) is 2.83. The summed E-state index contributed by atoms with van der Waals surface area (Å²) in [6, 6.07) is 0. The lowest BCUT2D eigenvalue weighted by atomic mass is 10.0. The van der Waals surface area contributed by atoms with Crippen LogP contribution >= 0.6 is 0 Å². The van der Waals surface area contributed by atoms with Gasteiger partial charge in [-0.2, -0.15) is 0 Å². The van der Waals surface area contributed by atoms with Gasteiger partial charge in [-0.3, -0.25) is 9.59 Å². The van der Waals surface area contributed by atoms with Gasteiger partial charge in [0, 0.05) is 26.2 Å². The maximum Gasteiger partial charge on any atom is 0.218 e. The van der Waals surface area contributed by atoms with E-state index in [9.17, 15) is 9.59 Å². The third-order valence-electron chi connectivity index (χ3n) is 6.19. The van der Waals surface area contributed by atoms with Crippen LogP contribution in [0, 0.1) is 0 Å². The summed E-state index contributed by atoms with van der Waals surface area (Å²) < 4.78 is 10.9. The molecule has 0 heterocycles. The summed E-state index contributed by atoms with van der Waals surface area (Å²) in [5, 5.41) is 8.76. The quantitative estimate of drug-likeness (QED) is 0.0699. The van der Waals surface area contributed by atoms with Gasteiger partial charge in [0.1, 0.15) is 5.78 Å². The molecule has 0 saturated heterocycles. The fourth-order valence-corrected chi connectivity index (χ4v) is 4.14. The monoisotopic (exact) mass is 484 g/mol. The highest BCUT2D eigenvalue weighted by molar-refractivity contribution is 6.00. The zero-order valence-electron chi connectivity index (χ0n) is 22.6. The van der Waals surface area contributed by atoms with Crippen LogP contribution in [0.5, 0.6) is 0 Å². The number of ketones is 2. The van der Waals surface area contributed by atoms with Gasteiger partial charge in [0.15, 0.2) is 5.78 Å². The Morgan fingerprint density at radius 2 is 0.941 bits per heavy atom. The molecule has 0 unspecified atom stereocenters. The van der Waals surface area contributed by atoms with E-state index in [4.69, 9.17) is 14.6 Å². The number of hydrogen-bond acceptors (Lipinski definition) is 5. The first kappa shape index (κ1) is 33.2. The number of unbranched alkanes of at least 4 members (excludes halogenated alkanes) is 16. The number of Topliss-reactive ketones (excluding diaryl/α,β-unsaturated/α-hetero) is 2. The minimum absolute atomic E-state index is 0.0110. The van der Waals surface area contributed by atoms with Crippen molar-refractivity contribution in [2.24, 2.45) is 0 Å². The second-order valence-electron chi connectivity index (χ2n) is 9.74. The largest absolute Gasteiger partial charge is 0.396 e. The van der Waals surface area contributed by atoms with Gasteiger partial charge in [0.25, 0.3) is 0 Å². The third-order valence-corrected chi connectivity index (χ3v) is 6.19. The molecule has 0 spiro atoms. The molecule has 5 nitrogen and oxygen atoms in total. The topological polar surface area (TPSA) is 72.8 Å². The van der Waals surface area contributed by atoms with Crippen molar-refractivity contribution in [3.05, 3.63) is 0 Å². The maximum absolute atomic E-state index is 12.3. The lowest BCUT2D eigenvalue weighted by Gasteiger charge is -2.16. The van der Waals surface area contributed by atoms with Crippen LogP contribution in [0.1, 0.15) is 149 Å². The molecule has 0 aromatic heterocycles. The van der Waals surface area contributed by atoms with Gasteiger partial charge in [-0.1, -0.05) is 110 Å². The van der Waals surface area contributed by atoms with Gasteiger partial charge in [-0.25, -0.2) is 0 Å². The second kappa shape index (κ2) is 26.8. The van der Waals surface area contributed by atoms with Gasteiger partial charge in [-0.05, 0) is 25.7 Å². The van der Waals surface area contributed by atoms with Crippen LogP contribution in [0.15, 0.2) is 0 Å². The first-order valence-corrected chi connectivity index (χ1v) is 14.5. The van der Waals surface area contributed by atoms with Crippen LogP contribution < -0.4 is 0 Å². The van der Waals surface area contributed by atoms with Crippen molar-refractivity contribution in [3.8, 4) is 0 Å². The fourth-order valence-electron chi connectivity index (χ4n) is 4.14. The van der Waals surface area contributed by atoms with E-state index in [0.29, 0.717) is 26.2 Å². The summed E-state index contributed by atoms with van der Waals surface area (Å²) in [6.45, 7) is 5.26. The summed E-state index contributed by atoms with van der Waals surface area (Å²) in [4.78, 5) is 24.4. The molecule has 5 heteroatoms. The molecule has 0 atom stereocenters. The Morgan fingerprint density at radius 1 is 0.588 bits per heavy atom. The number of ether oxygens (including phenoxy) is 2. The van der Waals surface area contributed by atoms with Crippen LogP contribution in [0.2, 0.25) is 0 Å². The molecule has 0 aliphatic heterocycles. The Hall–Kier alpha value is -0.780. The van der Waals surface area contributed by atoms with E-state index in [0.717, 1.165) is 32.1 Å². The maximum atomic E-state index is 12.3. The number of carbonyl (C=O) groups excluding carboxylic acids is 2. The first-order chi connectivity index (χ1) is 16.7. The number of hydrogen-bond donors (Lipinski definition) is 1. The van der Waals surface area contributed by atoms with E-state index >= 15 is 0 Å². The van der Waals surface area contributed by atoms with E-state index in [1.807, 2.05) is 13.8 Å². The smallest absolute Gasteiger partial charge is 0.218 e. The minimum Gasteiger partial charge on any atom is -0.396 e. The average molecular weight is 485 g/mol. The fraction of sp³-hybridized carbons (Fsp3) is 0.931. The van der Waals surface area contributed by atoms with E-state index in [1.54, 1.807) is 0 Å². The Labute approximate surface area is 210 Å². The number of rotatable bonds is 28. The molecule has 0 amide bonds. The zero-order chi connectivity index (χ0) is 25.1. The van der Waals surface area contributed by atoms with Crippen molar-refractivity contribution in [1.29, 1.82) is 0 Å². The van der Waals surface area contributed by atoms with E-state index in [1.165, 1.54) is 89.9 Å². The summed E-state index contributed by atoms with van der Waals surface area (Å²) in [7, 11) is 0. The molecule has 0 bridgehead atoms. The van der Waals surface area contributed by atoms with Crippen molar-refractivity contribution >= 4 is 11.6 Å². The van der Waals surface area contributed by atoms with Crippen molar-refractivity contribution in [3.63, 3.8) is 0 Å². The van der Waals surface area contributed by atoms with Crippen LogP contribution in [-0.4, -0.2) is 42.8 Å². The van der Waals surface area contributed by atoms with Crippen molar-refractivity contribution in [2.45, 2.75) is 155 Å². The first-order valence-electron chi connectivity index (χ1n) is 14.5. The van der Waals surface area contributed by atoms with Crippen molar-refractivity contribution in [1.82, 2.24) is 0 Å². The van der Waals surface area contributed by atoms with Gasteiger partial charge >= 0.3 is 0 Å². The van der Waals surface area contributed by atoms with Crippen LogP contribution in [-0.2, 0) is 19.1 Å². The Balaban J connectivity index is 3.47. The number of carbonyl (C=O) groups is 2. The van der Waals surface area contributed by atoms with Gasteiger partial charge < -0.3 is 14.6 Å². The third kappa shape index (κ3) is 23.0. The summed E-state index contributed by atoms with van der Waals surface area (Å²) in [6.07, 6.45) is 22.5. The Bertz CT molecular complexity index is 444. The van der Waals surface area contributed by atoms with Gasteiger partial charge in [-0.15, -0.1) is 0 Å². The van der Waals surface area contributed by atoms with Crippen molar-refractivity contribution in [2.75, 3.05) is 19.8 Å². The molecule has 0 rings (SSSR count). The second-order valence-corrected chi connectivity index (χ2v) is 9.74. The highest BCUT2D eigenvalue weighted by Gasteiger charge is 2.21. The number of aliphatic hydroxyl groups is 1. The summed E-state index contributed by atoms with van der Waals surface area (Å²) in [5.74, 6) is -0.224. The van der Waals surface area contributed by atoms with E-state index in [-0.39, 0.29) is 18.0 Å². The predicted octanol–water partition coefficient (Wildman–Crippen LogP) is 7.71. The molecule has 0 saturated carbocycles. The standard InChI is InChI=1S/C29H56O5/c1-3-24-33-29(34-25-4-2)28(32)26-27(31)22-20-18-16-14-12-10-8-6-5-7-9-11-13-15-17-19-21-23-30/h29-30H,3-26H2,1-2H3. The highest BCUT2D eigenvalue weighted by Crippen LogP contribution is 2.15. The number of aliphatic hydroxyl groups excluding tert-OH is 1. The molecule has 0 aliphatic rings. The molecule has 0 aromatic carbocycles. The molecular weight excluding hydrogens is 428 g/mol. The molecule has 0 fully saturated rings. The Morgan fingerprint density at radius 3 is 1.29 bits per heavy atom. The zero-order valence-corrected chi connectivity index (χ0v) is 22.6. The summed E-state index contributed by atoms with van der Waals surface area (Å²) in [5.41, 5.74) is 0. The molecule has 1 N–H and O–H groups in total. The summed E-state index contributed by atoms with van der Waals surface area (Å²) >= 11 is 0. The van der Waals surface area contributed by atoms with Gasteiger partial charge in [0.2, 0.25) is 6.29 Å². The van der Waals surface area contributed by atoms with Crippen LogP contribution in [0.4, 0.5) is 0 Å². The van der Waals surface area contributed by atoms with E-state index in [2.05, 4.69) is 0 Å². The molecule has 202 valence electrons. The van der Waals surface area contributed by atoms with Crippen LogP contribution in [0.3, 0.4) is 0 Å². The lowest BCUT2D eigenvalue weighted by molar-refractivity contribution is -0.171. The van der Waals surface area contributed by atoms with Gasteiger partial charge in [0.05, 0.1) is 6.42 Å². The predicted molar refractivity (Wildman–Crippen MR) is 141 cm³/mol. The normalized spacial score (nSPS) is 11.4. The Kier molecular flexibility index (Phi) is 26.2. The highest BCUT2D eigenvalue weighted by atomic mass is 16.7. The molecule has 0 aromatic rings. The molecule has 0 aliphatic carbocycles. The molecule has 0 radical (unpaired) electrons. The SMILES string of the molecule is CCCOC(OCCC)C(=O)CC(=O)CCCCCCCCCCCCCCCCCCCO. The lowest BCUT2D eigenvalue weighted by Crippen LogP contribution is -2.30. The minimum atomic E-state index is -0.878. The van der Waals surface area contributed by atoms with E-state index < -0.39 is 6.29 Å². The van der Waals surface area contributed by atoms with Crippen molar-refractivity contribution < 1.29 is 24.2 Å². The van der Waals surface area contributed by atoms with Crippen LogP contribution in [0.25, 0.3) is 0 Å². The molecular formula is C29H56O5.